The van der Waals surface area contributed by atoms with E-state index in [4.69, 9.17) is 9.26 Å². The van der Waals surface area contributed by atoms with Crippen LogP contribution in [0.5, 0.6) is 5.75 Å². The summed E-state index contributed by atoms with van der Waals surface area (Å²) >= 11 is 0. The Morgan fingerprint density at radius 3 is 2.59 bits per heavy atom. The monoisotopic (exact) mass is 303 g/mol. The number of nitrogens with one attached hydrogen (secondary N) is 1. The van der Waals surface area contributed by atoms with Crippen LogP contribution < -0.4 is 15.0 Å². The molecule has 1 heterocycles. The van der Waals surface area contributed by atoms with E-state index in [-0.39, 0.29) is 12.1 Å². The summed E-state index contributed by atoms with van der Waals surface area (Å²) in [4.78, 5) is 13.5. The standard InChI is InChI=1S/C16H21N3O3/c1-11(2)17-16(20)19(4)13-5-7-14(8-6-13)21-10-15-9-12(3)18-22-15/h5-9,11H,10H2,1-4H3,(H,17,20). The zero-order valence-electron chi connectivity index (χ0n) is 13.3. The summed E-state index contributed by atoms with van der Waals surface area (Å²) in [7, 11) is 1.73. The normalized spacial score (nSPS) is 10.6. The topological polar surface area (TPSA) is 67.6 Å². The Morgan fingerprint density at radius 2 is 2.05 bits per heavy atom. The minimum Gasteiger partial charge on any atom is -0.486 e. The first-order chi connectivity index (χ1) is 10.5. The van der Waals surface area contributed by atoms with Crippen molar-refractivity contribution in [2.24, 2.45) is 0 Å². The summed E-state index contributed by atoms with van der Waals surface area (Å²) in [6.45, 7) is 6.03. The second-order valence-corrected chi connectivity index (χ2v) is 5.38. The van der Waals surface area contributed by atoms with Crippen molar-refractivity contribution >= 4 is 11.7 Å². The number of hydrogen-bond acceptors (Lipinski definition) is 4. The van der Waals surface area contributed by atoms with Crippen LogP contribution in [0.3, 0.4) is 0 Å². The molecule has 0 unspecified atom stereocenters. The van der Waals surface area contributed by atoms with Gasteiger partial charge in [0, 0.05) is 24.8 Å². The van der Waals surface area contributed by atoms with Crippen molar-refractivity contribution in [2.75, 3.05) is 11.9 Å². The molecule has 2 rings (SSSR count). The van der Waals surface area contributed by atoms with E-state index in [1.807, 2.05) is 51.1 Å². The highest BCUT2D eigenvalue weighted by molar-refractivity contribution is 5.91. The summed E-state index contributed by atoms with van der Waals surface area (Å²) < 4.78 is 10.7. The molecule has 2 aromatic rings. The Morgan fingerprint density at radius 1 is 1.36 bits per heavy atom. The Hall–Kier alpha value is -2.50. The second-order valence-electron chi connectivity index (χ2n) is 5.38. The maximum atomic E-state index is 11.9. The summed E-state index contributed by atoms with van der Waals surface area (Å²) in [6.07, 6.45) is 0. The predicted molar refractivity (Wildman–Crippen MR) is 84.1 cm³/mol. The highest BCUT2D eigenvalue weighted by Gasteiger charge is 2.11. The van der Waals surface area contributed by atoms with Crippen LogP contribution in [0.25, 0.3) is 0 Å². The fourth-order valence-corrected chi connectivity index (χ4v) is 1.87. The number of benzene rings is 1. The highest BCUT2D eigenvalue weighted by Crippen LogP contribution is 2.19. The van der Waals surface area contributed by atoms with Crippen LogP contribution in [-0.2, 0) is 6.61 Å². The number of carbonyl (C=O) groups is 1. The van der Waals surface area contributed by atoms with Gasteiger partial charge in [0.05, 0.1) is 5.69 Å². The van der Waals surface area contributed by atoms with Gasteiger partial charge in [-0.05, 0) is 45.0 Å². The average molecular weight is 303 g/mol. The van der Waals surface area contributed by atoms with E-state index in [1.165, 1.54) is 0 Å². The molecule has 0 aliphatic carbocycles. The number of amides is 2. The van der Waals surface area contributed by atoms with E-state index < -0.39 is 0 Å². The molecule has 0 radical (unpaired) electrons. The molecule has 0 spiro atoms. The van der Waals surface area contributed by atoms with Crippen LogP contribution in [-0.4, -0.2) is 24.3 Å². The molecule has 0 bridgehead atoms. The van der Waals surface area contributed by atoms with Gasteiger partial charge in [-0.1, -0.05) is 5.16 Å². The predicted octanol–water partition coefficient (Wildman–Crippen LogP) is 3.12. The van der Waals surface area contributed by atoms with Crippen molar-refractivity contribution < 1.29 is 14.1 Å². The molecule has 0 fully saturated rings. The first-order valence-electron chi connectivity index (χ1n) is 7.15. The molecule has 0 saturated heterocycles. The molecule has 22 heavy (non-hydrogen) atoms. The first kappa shape index (κ1) is 15.9. The highest BCUT2D eigenvalue weighted by atomic mass is 16.5. The van der Waals surface area contributed by atoms with Gasteiger partial charge >= 0.3 is 6.03 Å². The zero-order chi connectivity index (χ0) is 16.1. The molecule has 2 amide bonds. The molecule has 1 aromatic carbocycles. The molecule has 118 valence electrons. The molecule has 0 saturated carbocycles. The largest absolute Gasteiger partial charge is 0.486 e. The number of hydrogen-bond donors (Lipinski definition) is 1. The third-order valence-electron chi connectivity index (χ3n) is 3.00. The van der Waals surface area contributed by atoms with Gasteiger partial charge in [0.1, 0.15) is 12.4 Å². The lowest BCUT2D eigenvalue weighted by molar-refractivity contribution is 0.245. The van der Waals surface area contributed by atoms with E-state index in [0.29, 0.717) is 18.1 Å². The molecule has 1 N–H and O–H groups in total. The quantitative estimate of drug-likeness (QED) is 0.921. The fourth-order valence-electron chi connectivity index (χ4n) is 1.87. The van der Waals surface area contributed by atoms with Gasteiger partial charge in [0.2, 0.25) is 0 Å². The fraction of sp³-hybridized carbons (Fsp3) is 0.375. The van der Waals surface area contributed by atoms with E-state index in [2.05, 4.69) is 10.5 Å². The smallest absolute Gasteiger partial charge is 0.321 e. The van der Waals surface area contributed by atoms with Crippen LogP contribution in [0.2, 0.25) is 0 Å². The third-order valence-corrected chi connectivity index (χ3v) is 3.00. The lowest BCUT2D eigenvalue weighted by Crippen LogP contribution is -2.40. The number of nitrogens with zero attached hydrogens (tertiary/aromatic N) is 2. The van der Waals surface area contributed by atoms with Crippen LogP contribution in [0.1, 0.15) is 25.3 Å². The zero-order valence-corrected chi connectivity index (χ0v) is 13.3. The van der Waals surface area contributed by atoms with E-state index >= 15 is 0 Å². The van der Waals surface area contributed by atoms with Crippen LogP contribution in [0.15, 0.2) is 34.9 Å². The first-order valence-corrected chi connectivity index (χ1v) is 7.15. The third kappa shape index (κ3) is 4.25. The van der Waals surface area contributed by atoms with Crippen LogP contribution in [0.4, 0.5) is 10.5 Å². The molecule has 1 aromatic heterocycles. The van der Waals surface area contributed by atoms with Crippen molar-refractivity contribution in [3.8, 4) is 5.75 Å². The number of aryl methyl sites for hydroxylation is 1. The van der Waals surface area contributed by atoms with Gasteiger partial charge < -0.3 is 14.6 Å². The van der Waals surface area contributed by atoms with Gasteiger partial charge in [0.15, 0.2) is 5.76 Å². The summed E-state index contributed by atoms with van der Waals surface area (Å²) in [5, 5.41) is 6.64. The SMILES string of the molecule is Cc1cc(COc2ccc(N(C)C(=O)NC(C)C)cc2)on1. The number of aromatic nitrogens is 1. The van der Waals surface area contributed by atoms with Gasteiger partial charge in [-0.25, -0.2) is 4.79 Å². The van der Waals surface area contributed by atoms with Gasteiger partial charge in [0.25, 0.3) is 0 Å². The molecule has 6 heteroatoms. The minimum atomic E-state index is -0.138. The Balaban J connectivity index is 1.93. The maximum Gasteiger partial charge on any atom is 0.321 e. The van der Waals surface area contributed by atoms with E-state index in [0.717, 1.165) is 11.4 Å². The van der Waals surface area contributed by atoms with Crippen LogP contribution >= 0.6 is 0 Å². The average Bonchev–Trinajstić information content (AvgIpc) is 2.90. The molecule has 0 aliphatic heterocycles. The van der Waals surface area contributed by atoms with E-state index in [9.17, 15) is 4.79 Å². The lowest BCUT2D eigenvalue weighted by atomic mass is 10.3. The van der Waals surface area contributed by atoms with Crippen molar-refractivity contribution in [3.05, 3.63) is 41.8 Å². The lowest BCUT2D eigenvalue weighted by Gasteiger charge is -2.20. The minimum absolute atomic E-state index is 0.0999. The van der Waals surface area contributed by atoms with Crippen LogP contribution in [0, 0.1) is 6.92 Å². The number of carbonyl (C=O) groups excluding carboxylic acids is 1. The molecule has 0 atom stereocenters. The summed E-state index contributed by atoms with van der Waals surface area (Å²) in [5.41, 5.74) is 1.62. The number of urea groups is 1. The number of rotatable bonds is 5. The van der Waals surface area contributed by atoms with Gasteiger partial charge in [-0.3, -0.25) is 4.90 Å². The van der Waals surface area contributed by atoms with Crippen molar-refractivity contribution in [3.63, 3.8) is 0 Å². The second kappa shape index (κ2) is 6.98. The molecular formula is C16H21N3O3. The Bertz CT molecular complexity index is 620. The summed E-state index contributed by atoms with van der Waals surface area (Å²) in [5.74, 6) is 1.38. The van der Waals surface area contributed by atoms with Crippen molar-refractivity contribution in [1.82, 2.24) is 10.5 Å². The summed E-state index contributed by atoms with van der Waals surface area (Å²) in [6, 6.07) is 9.10. The molecule has 0 aliphatic rings. The Labute approximate surface area is 130 Å². The van der Waals surface area contributed by atoms with Crippen molar-refractivity contribution in [2.45, 2.75) is 33.4 Å². The number of anilines is 1. The number of ether oxygens (including phenoxy) is 1. The van der Waals surface area contributed by atoms with Gasteiger partial charge in [-0.2, -0.15) is 0 Å². The molecule has 6 nitrogen and oxygen atoms in total. The maximum absolute atomic E-state index is 11.9. The van der Waals surface area contributed by atoms with E-state index in [1.54, 1.807) is 11.9 Å². The Kier molecular flexibility index (Phi) is 5.04. The molecular weight excluding hydrogens is 282 g/mol. The van der Waals surface area contributed by atoms with Crippen molar-refractivity contribution in [1.29, 1.82) is 0 Å². The van der Waals surface area contributed by atoms with Gasteiger partial charge in [-0.15, -0.1) is 0 Å².